The lowest BCUT2D eigenvalue weighted by Gasteiger charge is -2.39. The number of likely N-dealkylation sites (tertiary alicyclic amines) is 1. The molecule has 1 saturated heterocycles. The number of hydrogen-bond donors (Lipinski definition) is 0. The number of pyridine rings is 1. The Morgan fingerprint density at radius 3 is 2.53 bits per heavy atom. The number of piperidine rings is 1. The van der Waals surface area contributed by atoms with Crippen molar-refractivity contribution in [2.45, 2.75) is 51.7 Å². The van der Waals surface area contributed by atoms with E-state index in [2.05, 4.69) is 15.0 Å². The molecular formula is C21H23F3N4O2. The number of aromatic nitrogens is 3. The Morgan fingerprint density at radius 1 is 1.17 bits per heavy atom. The molecule has 0 bridgehead atoms. The lowest BCUT2D eigenvalue weighted by atomic mass is 9.90. The van der Waals surface area contributed by atoms with Gasteiger partial charge in [-0.15, -0.1) is 0 Å². The third kappa shape index (κ3) is 5.01. The van der Waals surface area contributed by atoms with Crippen LogP contribution >= 0.6 is 0 Å². The van der Waals surface area contributed by atoms with Gasteiger partial charge in [-0.2, -0.15) is 13.2 Å². The number of carbonyl (C=O) groups excluding carboxylic acids is 2. The van der Waals surface area contributed by atoms with Crippen LogP contribution in [0.3, 0.4) is 0 Å². The van der Waals surface area contributed by atoms with E-state index in [0.717, 1.165) is 6.42 Å². The quantitative estimate of drug-likeness (QED) is 0.731. The fourth-order valence-corrected chi connectivity index (χ4v) is 3.67. The van der Waals surface area contributed by atoms with Gasteiger partial charge in [0, 0.05) is 37.1 Å². The molecule has 6 nitrogen and oxygen atoms in total. The van der Waals surface area contributed by atoms with E-state index in [1.165, 1.54) is 0 Å². The topological polar surface area (TPSA) is 76.1 Å². The minimum atomic E-state index is -4.85. The van der Waals surface area contributed by atoms with Gasteiger partial charge < -0.3 is 4.90 Å². The largest absolute Gasteiger partial charge is 0.449 e. The highest BCUT2D eigenvalue weighted by Crippen LogP contribution is 2.30. The molecule has 3 rings (SSSR count). The number of halogens is 3. The second kappa shape index (κ2) is 8.89. The van der Waals surface area contributed by atoms with Gasteiger partial charge in [-0.1, -0.05) is 6.92 Å². The van der Waals surface area contributed by atoms with Gasteiger partial charge in [0.25, 0.3) is 5.91 Å². The van der Waals surface area contributed by atoms with Crippen molar-refractivity contribution in [3.8, 4) is 11.4 Å². The molecule has 1 amide bonds. The first-order valence-corrected chi connectivity index (χ1v) is 9.83. The number of nitrogens with zero attached hydrogens (tertiary/aromatic N) is 4. The number of hydrogen-bond acceptors (Lipinski definition) is 5. The van der Waals surface area contributed by atoms with Gasteiger partial charge >= 0.3 is 6.18 Å². The molecule has 30 heavy (non-hydrogen) atoms. The number of carbonyl (C=O) groups is 2. The molecule has 1 fully saturated rings. The van der Waals surface area contributed by atoms with Crippen LogP contribution in [0.5, 0.6) is 0 Å². The maximum absolute atomic E-state index is 13.4. The first kappa shape index (κ1) is 21.9. The molecule has 0 aromatic carbocycles. The second-order valence-electron chi connectivity index (χ2n) is 7.67. The van der Waals surface area contributed by atoms with Crippen molar-refractivity contribution in [3.05, 3.63) is 42.0 Å². The average Bonchev–Trinajstić information content (AvgIpc) is 2.72. The van der Waals surface area contributed by atoms with E-state index in [1.807, 2.05) is 6.92 Å². The highest BCUT2D eigenvalue weighted by atomic mass is 19.4. The van der Waals surface area contributed by atoms with Crippen molar-refractivity contribution >= 4 is 11.7 Å². The molecule has 0 radical (unpaired) electrons. The Bertz CT molecular complexity index is 918. The Labute approximate surface area is 172 Å². The van der Waals surface area contributed by atoms with Gasteiger partial charge in [-0.05, 0) is 50.3 Å². The standard InChI is InChI=1S/C21H23F3N4O2/c1-13-4-6-15(7-9-17(29)21(22,23)24)28(12-13)20(30)18-16(8-5-14(2)27-18)19-25-10-3-11-26-19/h3,5,8,10-11,13,15H,4,6-7,9,12H2,1-2H3/t13-,15-/m0/s1. The molecule has 0 N–H and O–H groups in total. The number of amides is 1. The zero-order chi connectivity index (χ0) is 21.9. The third-order valence-electron chi connectivity index (χ3n) is 5.27. The molecule has 0 unspecified atom stereocenters. The predicted molar refractivity (Wildman–Crippen MR) is 104 cm³/mol. The van der Waals surface area contributed by atoms with Crippen molar-refractivity contribution in [1.82, 2.24) is 19.9 Å². The first-order valence-electron chi connectivity index (χ1n) is 9.83. The summed E-state index contributed by atoms with van der Waals surface area (Å²) in [5.41, 5.74) is 1.27. The normalized spacial score (nSPS) is 19.6. The summed E-state index contributed by atoms with van der Waals surface area (Å²) in [5, 5.41) is 0. The summed E-state index contributed by atoms with van der Waals surface area (Å²) in [5.74, 6) is -1.59. The fourth-order valence-electron chi connectivity index (χ4n) is 3.67. The fraction of sp³-hybridized carbons (Fsp3) is 0.476. The van der Waals surface area contributed by atoms with Gasteiger partial charge in [-0.25, -0.2) is 15.0 Å². The lowest BCUT2D eigenvalue weighted by molar-refractivity contribution is -0.171. The zero-order valence-corrected chi connectivity index (χ0v) is 16.8. The van der Waals surface area contributed by atoms with Crippen LogP contribution in [-0.4, -0.2) is 50.3 Å². The lowest BCUT2D eigenvalue weighted by Crippen LogP contribution is -2.47. The monoisotopic (exact) mass is 420 g/mol. The van der Waals surface area contributed by atoms with Gasteiger partial charge in [0.05, 0.1) is 5.56 Å². The molecule has 2 atom stereocenters. The Kier molecular flexibility index (Phi) is 6.48. The van der Waals surface area contributed by atoms with Crippen LogP contribution in [0.4, 0.5) is 13.2 Å². The maximum atomic E-state index is 13.4. The molecule has 9 heteroatoms. The summed E-state index contributed by atoms with van der Waals surface area (Å²) in [6.07, 6.45) is -1.07. The number of Topliss-reactive ketones (excluding diaryl/α,β-unsaturated/α-hetero) is 1. The predicted octanol–water partition coefficient (Wildman–Crippen LogP) is 4.00. The van der Waals surface area contributed by atoms with Crippen molar-refractivity contribution < 1.29 is 22.8 Å². The van der Waals surface area contributed by atoms with E-state index < -0.39 is 24.4 Å². The zero-order valence-electron chi connectivity index (χ0n) is 16.8. The Morgan fingerprint density at radius 2 is 1.87 bits per heavy atom. The summed E-state index contributed by atoms with van der Waals surface area (Å²) in [7, 11) is 0. The van der Waals surface area contributed by atoms with Crippen LogP contribution in [0.15, 0.2) is 30.6 Å². The Hall–Kier alpha value is -2.84. The molecule has 0 aliphatic carbocycles. The van der Waals surface area contributed by atoms with Crippen molar-refractivity contribution in [3.63, 3.8) is 0 Å². The van der Waals surface area contributed by atoms with Gasteiger partial charge in [0.2, 0.25) is 5.78 Å². The SMILES string of the molecule is Cc1ccc(-c2ncccn2)c(C(=O)N2C[C@@H](C)CC[C@H]2CCC(=O)C(F)(F)F)n1. The van der Waals surface area contributed by atoms with E-state index in [0.29, 0.717) is 30.0 Å². The minimum Gasteiger partial charge on any atom is -0.334 e. The van der Waals surface area contributed by atoms with Crippen LogP contribution in [0.2, 0.25) is 0 Å². The second-order valence-corrected chi connectivity index (χ2v) is 7.67. The number of ketones is 1. The average molecular weight is 420 g/mol. The van der Waals surface area contributed by atoms with Crippen molar-refractivity contribution in [2.75, 3.05) is 6.54 Å². The molecule has 0 saturated carbocycles. The Balaban J connectivity index is 1.89. The summed E-state index contributed by atoms with van der Waals surface area (Å²) in [6, 6.07) is 4.68. The molecular weight excluding hydrogens is 397 g/mol. The van der Waals surface area contributed by atoms with Gasteiger partial charge in [-0.3, -0.25) is 9.59 Å². The van der Waals surface area contributed by atoms with Crippen LogP contribution in [-0.2, 0) is 4.79 Å². The van der Waals surface area contributed by atoms with Gasteiger partial charge in [0.1, 0.15) is 5.69 Å². The number of aryl methyl sites for hydroxylation is 1. The summed E-state index contributed by atoms with van der Waals surface area (Å²) >= 11 is 0. The summed E-state index contributed by atoms with van der Waals surface area (Å²) in [4.78, 5) is 39.1. The highest BCUT2D eigenvalue weighted by Gasteiger charge is 2.39. The summed E-state index contributed by atoms with van der Waals surface area (Å²) in [6.45, 7) is 4.14. The van der Waals surface area contributed by atoms with E-state index in [-0.39, 0.29) is 23.9 Å². The number of alkyl halides is 3. The molecule has 2 aromatic rings. The molecule has 3 heterocycles. The van der Waals surface area contributed by atoms with Crippen LogP contribution in [0.25, 0.3) is 11.4 Å². The highest BCUT2D eigenvalue weighted by molar-refractivity contribution is 5.98. The third-order valence-corrected chi connectivity index (χ3v) is 5.27. The van der Waals surface area contributed by atoms with Crippen molar-refractivity contribution in [1.29, 1.82) is 0 Å². The molecule has 160 valence electrons. The number of rotatable bonds is 5. The van der Waals surface area contributed by atoms with E-state index in [4.69, 9.17) is 0 Å². The van der Waals surface area contributed by atoms with Gasteiger partial charge in [0.15, 0.2) is 5.82 Å². The maximum Gasteiger partial charge on any atom is 0.449 e. The first-order chi connectivity index (χ1) is 14.2. The van der Waals surface area contributed by atoms with Crippen LogP contribution in [0.1, 0.15) is 48.8 Å². The smallest absolute Gasteiger partial charge is 0.334 e. The van der Waals surface area contributed by atoms with Crippen LogP contribution < -0.4 is 0 Å². The summed E-state index contributed by atoms with van der Waals surface area (Å²) < 4.78 is 37.9. The minimum absolute atomic E-state index is 0.0280. The molecule has 1 aliphatic heterocycles. The van der Waals surface area contributed by atoms with E-state index in [9.17, 15) is 22.8 Å². The van der Waals surface area contributed by atoms with Crippen molar-refractivity contribution in [2.24, 2.45) is 5.92 Å². The molecule has 2 aromatic heterocycles. The van der Waals surface area contributed by atoms with E-state index in [1.54, 1.807) is 42.4 Å². The van der Waals surface area contributed by atoms with Crippen LogP contribution in [0, 0.1) is 12.8 Å². The van der Waals surface area contributed by atoms with E-state index >= 15 is 0 Å². The molecule has 0 spiro atoms. The molecule has 1 aliphatic rings.